The number of aromatic hydroxyl groups is 1. The van der Waals surface area contributed by atoms with Gasteiger partial charge in [-0.15, -0.1) is 0 Å². The van der Waals surface area contributed by atoms with Crippen LogP contribution in [0.1, 0.15) is 37.4 Å². The molecule has 1 saturated heterocycles. The molecule has 0 aliphatic carbocycles. The third-order valence-corrected chi connectivity index (χ3v) is 3.84. The van der Waals surface area contributed by atoms with Crippen molar-refractivity contribution >= 4 is 0 Å². The Kier molecular flexibility index (Phi) is 4.25. The van der Waals surface area contributed by atoms with Crippen LogP contribution >= 0.6 is 0 Å². The standard InChI is InChI=1S/C15H24N2O/c1-4-7-17(13-9-16-10-13)12(3)14-8-11(2)5-6-15(14)18/h5-6,8,12-13,16,18H,4,7,9-10H2,1-3H3. The van der Waals surface area contributed by atoms with Gasteiger partial charge < -0.3 is 10.4 Å². The number of nitrogens with zero attached hydrogens (tertiary/aromatic N) is 1. The maximum atomic E-state index is 10.1. The number of benzene rings is 1. The highest BCUT2D eigenvalue weighted by Gasteiger charge is 2.29. The zero-order valence-corrected chi connectivity index (χ0v) is 11.6. The SMILES string of the molecule is CCCN(C1CNC1)C(C)c1cc(C)ccc1O. The summed E-state index contributed by atoms with van der Waals surface area (Å²) in [6.07, 6.45) is 1.15. The van der Waals surface area contributed by atoms with E-state index in [2.05, 4.69) is 37.1 Å². The Balaban J connectivity index is 2.20. The van der Waals surface area contributed by atoms with E-state index in [1.165, 1.54) is 5.56 Å². The molecule has 1 aromatic carbocycles. The van der Waals surface area contributed by atoms with Gasteiger partial charge >= 0.3 is 0 Å². The Morgan fingerprint density at radius 1 is 1.44 bits per heavy atom. The lowest BCUT2D eigenvalue weighted by Gasteiger charge is -2.42. The summed E-state index contributed by atoms with van der Waals surface area (Å²) in [7, 11) is 0. The van der Waals surface area contributed by atoms with Crippen LogP contribution in [0.5, 0.6) is 5.75 Å². The summed E-state index contributed by atoms with van der Waals surface area (Å²) < 4.78 is 0. The molecule has 2 rings (SSSR count). The van der Waals surface area contributed by atoms with Crippen LogP contribution in [0, 0.1) is 6.92 Å². The van der Waals surface area contributed by atoms with Gasteiger partial charge in [-0.05, 0) is 32.9 Å². The predicted molar refractivity (Wildman–Crippen MR) is 74.9 cm³/mol. The molecule has 0 bridgehead atoms. The highest BCUT2D eigenvalue weighted by atomic mass is 16.3. The Bertz CT molecular complexity index is 401. The van der Waals surface area contributed by atoms with Gasteiger partial charge in [-0.25, -0.2) is 0 Å². The molecule has 1 unspecified atom stereocenters. The minimum Gasteiger partial charge on any atom is -0.508 e. The molecule has 3 heteroatoms. The maximum absolute atomic E-state index is 10.1. The van der Waals surface area contributed by atoms with E-state index in [9.17, 15) is 5.11 Å². The zero-order valence-electron chi connectivity index (χ0n) is 11.6. The topological polar surface area (TPSA) is 35.5 Å². The lowest BCUT2D eigenvalue weighted by atomic mass is 9.99. The van der Waals surface area contributed by atoms with Gasteiger partial charge in [0.2, 0.25) is 0 Å². The Hall–Kier alpha value is -1.06. The van der Waals surface area contributed by atoms with Gasteiger partial charge in [0.25, 0.3) is 0 Å². The van der Waals surface area contributed by atoms with Crippen LogP contribution in [0.3, 0.4) is 0 Å². The fraction of sp³-hybridized carbons (Fsp3) is 0.600. The number of hydrogen-bond acceptors (Lipinski definition) is 3. The number of phenols is 1. The van der Waals surface area contributed by atoms with Gasteiger partial charge in [-0.3, -0.25) is 4.90 Å². The minimum atomic E-state index is 0.275. The molecule has 1 heterocycles. The van der Waals surface area contributed by atoms with Crippen LogP contribution in [-0.4, -0.2) is 35.7 Å². The molecule has 1 aromatic rings. The molecule has 100 valence electrons. The maximum Gasteiger partial charge on any atom is 0.120 e. The molecule has 1 atom stereocenters. The van der Waals surface area contributed by atoms with E-state index in [-0.39, 0.29) is 6.04 Å². The first-order valence-corrected chi connectivity index (χ1v) is 6.89. The Labute approximate surface area is 110 Å². The normalized spacial score (nSPS) is 17.8. The molecule has 0 saturated carbocycles. The van der Waals surface area contributed by atoms with Crippen molar-refractivity contribution in [3.63, 3.8) is 0 Å². The molecule has 1 fully saturated rings. The second-order valence-corrected chi connectivity index (χ2v) is 5.29. The largest absolute Gasteiger partial charge is 0.508 e. The highest BCUT2D eigenvalue weighted by Crippen LogP contribution is 2.31. The van der Waals surface area contributed by atoms with E-state index in [1.807, 2.05) is 12.1 Å². The second kappa shape index (κ2) is 5.72. The summed E-state index contributed by atoms with van der Waals surface area (Å²) in [6, 6.07) is 6.76. The number of nitrogens with one attached hydrogen (secondary N) is 1. The van der Waals surface area contributed by atoms with E-state index < -0.39 is 0 Å². The predicted octanol–water partition coefficient (Wildman–Crippen LogP) is 2.45. The van der Waals surface area contributed by atoms with Crippen LogP contribution in [0.2, 0.25) is 0 Å². The molecule has 0 amide bonds. The molecular weight excluding hydrogens is 224 g/mol. The first-order chi connectivity index (χ1) is 8.63. The lowest BCUT2D eigenvalue weighted by molar-refractivity contribution is 0.101. The zero-order chi connectivity index (χ0) is 13.1. The quantitative estimate of drug-likeness (QED) is 0.840. The third-order valence-electron chi connectivity index (χ3n) is 3.84. The summed E-state index contributed by atoms with van der Waals surface area (Å²) in [5.41, 5.74) is 2.26. The monoisotopic (exact) mass is 248 g/mol. The average Bonchev–Trinajstić information content (AvgIpc) is 2.28. The minimum absolute atomic E-state index is 0.275. The Morgan fingerprint density at radius 3 is 2.72 bits per heavy atom. The molecule has 18 heavy (non-hydrogen) atoms. The molecule has 0 radical (unpaired) electrons. The van der Waals surface area contributed by atoms with Gasteiger partial charge in [-0.2, -0.15) is 0 Å². The van der Waals surface area contributed by atoms with Gasteiger partial charge in [0.05, 0.1) is 0 Å². The number of rotatable bonds is 5. The summed E-state index contributed by atoms with van der Waals surface area (Å²) >= 11 is 0. The van der Waals surface area contributed by atoms with Crippen LogP contribution in [0.4, 0.5) is 0 Å². The summed E-state index contributed by atoms with van der Waals surface area (Å²) in [5.74, 6) is 0.418. The van der Waals surface area contributed by atoms with Crippen molar-refractivity contribution in [2.45, 2.75) is 39.3 Å². The summed E-state index contributed by atoms with van der Waals surface area (Å²) in [6.45, 7) is 9.70. The van der Waals surface area contributed by atoms with Crippen molar-refractivity contribution in [1.82, 2.24) is 10.2 Å². The van der Waals surface area contributed by atoms with E-state index in [0.29, 0.717) is 11.8 Å². The van der Waals surface area contributed by atoms with E-state index in [4.69, 9.17) is 0 Å². The smallest absolute Gasteiger partial charge is 0.120 e. The molecule has 0 aromatic heterocycles. The van der Waals surface area contributed by atoms with Crippen molar-refractivity contribution in [3.05, 3.63) is 29.3 Å². The summed E-state index contributed by atoms with van der Waals surface area (Å²) in [5, 5.41) is 13.4. The molecule has 2 N–H and O–H groups in total. The summed E-state index contributed by atoms with van der Waals surface area (Å²) in [4.78, 5) is 2.50. The second-order valence-electron chi connectivity index (χ2n) is 5.29. The number of hydrogen-bond donors (Lipinski definition) is 2. The van der Waals surface area contributed by atoms with Crippen molar-refractivity contribution < 1.29 is 5.11 Å². The first kappa shape index (κ1) is 13.4. The van der Waals surface area contributed by atoms with Crippen molar-refractivity contribution in [2.24, 2.45) is 0 Å². The fourth-order valence-corrected chi connectivity index (χ4v) is 2.65. The van der Waals surface area contributed by atoms with E-state index >= 15 is 0 Å². The fourth-order valence-electron chi connectivity index (χ4n) is 2.65. The molecular formula is C15H24N2O. The molecule has 3 nitrogen and oxygen atoms in total. The van der Waals surface area contributed by atoms with Crippen molar-refractivity contribution in [1.29, 1.82) is 0 Å². The van der Waals surface area contributed by atoms with Crippen LogP contribution in [-0.2, 0) is 0 Å². The van der Waals surface area contributed by atoms with Gasteiger partial charge in [0.15, 0.2) is 0 Å². The van der Waals surface area contributed by atoms with Crippen molar-refractivity contribution in [2.75, 3.05) is 19.6 Å². The van der Waals surface area contributed by atoms with Crippen molar-refractivity contribution in [3.8, 4) is 5.75 Å². The molecule has 0 spiro atoms. The lowest BCUT2D eigenvalue weighted by Crippen LogP contribution is -2.57. The third kappa shape index (κ3) is 2.68. The van der Waals surface area contributed by atoms with E-state index in [0.717, 1.165) is 31.6 Å². The van der Waals surface area contributed by atoms with Crippen LogP contribution in [0.15, 0.2) is 18.2 Å². The van der Waals surface area contributed by atoms with Crippen LogP contribution in [0.25, 0.3) is 0 Å². The van der Waals surface area contributed by atoms with Gasteiger partial charge in [0, 0.05) is 30.7 Å². The number of phenolic OH excluding ortho intramolecular Hbond substituents is 1. The molecule has 1 aliphatic rings. The first-order valence-electron chi connectivity index (χ1n) is 6.89. The van der Waals surface area contributed by atoms with Gasteiger partial charge in [0.1, 0.15) is 5.75 Å². The average molecular weight is 248 g/mol. The van der Waals surface area contributed by atoms with Gasteiger partial charge in [-0.1, -0.05) is 24.6 Å². The van der Waals surface area contributed by atoms with Crippen LogP contribution < -0.4 is 5.32 Å². The molecule has 1 aliphatic heterocycles. The van der Waals surface area contributed by atoms with E-state index in [1.54, 1.807) is 0 Å². The number of aryl methyl sites for hydroxylation is 1. The highest BCUT2D eigenvalue weighted by molar-refractivity contribution is 5.37. The Morgan fingerprint density at radius 2 is 2.17 bits per heavy atom.